The number of halogens is 1. The van der Waals surface area contributed by atoms with Crippen LogP contribution in [0.2, 0.25) is 5.02 Å². The Balaban J connectivity index is 2.29. The van der Waals surface area contributed by atoms with E-state index in [1.165, 1.54) is 10.4 Å². The minimum atomic E-state index is -3.63. The Hall–Kier alpha value is -1.11. The number of hydrogen-bond donors (Lipinski definition) is 1. The van der Waals surface area contributed by atoms with Crippen LogP contribution in [-0.2, 0) is 14.8 Å². The van der Waals surface area contributed by atoms with Crippen molar-refractivity contribution in [2.24, 2.45) is 0 Å². The largest absolute Gasteiger partial charge is 0.481 e. The maximum Gasteiger partial charge on any atom is 0.303 e. The molecule has 0 saturated carbocycles. The Morgan fingerprint density at radius 3 is 2.86 bits per heavy atom. The van der Waals surface area contributed by atoms with Crippen molar-refractivity contribution in [3.8, 4) is 0 Å². The average molecular weight is 332 g/mol. The Morgan fingerprint density at radius 2 is 2.19 bits per heavy atom. The lowest BCUT2D eigenvalue weighted by Crippen LogP contribution is -2.36. The Labute approximate surface area is 129 Å². The molecule has 0 amide bonds. The molecule has 7 heteroatoms. The molecule has 0 aromatic heterocycles. The van der Waals surface area contributed by atoms with Crippen LogP contribution in [0.1, 0.15) is 31.2 Å². The van der Waals surface area contributed by atoms with Crippen molar-refractivity contribution < 1.29 is 18.3 Å². The van der Waals surface area contributed by atoms with Gasteiger partial charge in [-0.25, -0.2) is 8.42 Å². The summed E-state index contributed by atoms with van der Waals surface area (Å²) in [6.45, 7) is 2.16. The molecule has 1 saturated heterocycles. The van der Waals surface area contributed by atoms with E-state index in [2.05, 4.69) is 0 Å². The smallest absolute Gasteiger partial charge is 0.303 e. The maximum absolute atomic E-state index is 12.8. The lowest BCUT2D eigenvalue weighted by Gasteiger charge is -2.24. The van der Waals surface area contributed by atoms with E-state index in [-0.39, 0.29) is 17.4 Å². The predicted molar refractivity (Wildman–Crippen MR) is 80.0 cm³/mol. The standard InChI is InChI=1S/C14H18ClNO4S/c1-10-4-5-11(15)9-13(10)21(19,20)16-8-2-3-12(16)6-7-14(17)18/h4-5,9,12H,2-3,6-8H2,1H3,(H,17,18). The van der Waals surface area contributed by atoms with Gasteiger partial charge in [-0.15, -0.1) is 0 Å². The van der Waals surface area contributed by atoms with E-state index in [4.69, 9.17) is 16.7 Å². The first-order chi connectivity index (χ1) is 9.82. The third-order valence-corrected chi connectivity index (χ3v) is 6.08. The summed E-state index contributed by atoms with van der Waals surface area (Å²) in [6.07, 6.45) is 1.77. The zero-order valence-electron chi connectivity index (χ0n) is 11.8. The van der Waals surface area contributed by atoms with Gasteiger partial charge in [0.05, 0.1) is 4.90 Å². The van der Waals surface area contributed by atoms with Crippen LogP contribution in [0.5, 0.6) is 0 Å². The van der Waals surface area contributed by atoms with Crippen LogP contribution in [0.25, 0.3) is 0 Å². The summed E-state index contributed by atoms with van der Waals surface area (Å²) >= 11 is 5.91. The molecule has 1 fully saturated rings. The summed E-state index contributed by atoms with van der Waals surface area (Å²) < 4.78 is 27.0. The molecule has 5 nitrogen and oxygen atoms in total. The number of carbonyl (C=O) groups is 1. The fourth-order valence-electron chi connectivity index (χ4n) is 2.68. The van der Waals surface area contributed by atoms with Crippen LogP contribution in [0.3, 0.4) is 0 Å². The number of nitrogens with zero attached hydrogens (tertiary/aromatic N) is 1. The fourth-order valence-corrected chi connectivity index (χ4v) is 4.90. The van der Waals surface area contributed by atoms with E-state index >= 15 is 0 Å². The van der Waals surface area contributed by atoms with E-state index < -0.39 is 16.0 Å². The molecule has 1 N–H and O–H groups in total. The summed E-state index contributed by atoms with van der Waals surface area (Å²) in [5.74, 6) is -0.904. The monoisotopic (exact) mass is 331 g/mol. The van der Waals surface area contributed by atoms with Crippen molar-refractivity contribution in [2.75, 3.05) is 6.54 Å². The van der Waals surface area contributed by atoms with Gasteiger partial charge >= 0.3 is 5.97 Å². The Morgan fingerprint density at radius 1 is 1.48 bits per heavy atom. The second-order valence-corrected chi connectivity index (χ2v) is 7.55. The molecule has 116 valence electrons. The van der Waals surface area contributed by atoms with Gasteiger partial charge in [-0.3, -0.25) is 4.79 Å². The van der Waals surface area contributed by atoms with Crippen molar-refractivity contribution >= 4 is 27.6 Å². The Kier molecular flexibility index (Phi) is 4.91. The summed E-state index contributed by atoms with van der Waals surface area (Å²) in [4.78, 5) is 10.9. The lowest BCUT2D eigenvalue weighted by molar-refractivity contribution is -0.137. The van der Waals surface area contributed by atoms with Crippen LogP contribution in [0.15, 0.2) is 23.1 Å². The van der Waals surface area contributed by atoms with Crippen molar-refractivity contribution in [3.63, 3.8) is 0 Å². The van der Waals surface area contributed by atoms with Gasteiger partial charge in [0, 0.05) is 24.0 Å². The van der Waals surface area contributed by atoms with Gasteiger partial charge in [0.15, 0.2) is 0 Å². The highest BCUT2D eigenvalue weighted by molar-refractivity contribution is 7.89. The highest BCUT2D eigenvalue weighted by Gasteiger charge is 2.36. The van der Waals surface area contributed by atoms with Crippen LogP contribution in [-0.4, -0.2) is 36.4 Å². The minimum Gasteiger partial charge on any atom is -0.481 e. The molecule has 1 aromatic carbocycles. The molecule has 21 heavy (non-hydrogen) atoms. The highest BCUT2D eigenvalue weighted by atomic mass is 35.5. The number of rotatable bonds is 5. The normalized spacial score (nSPS) is 19.8. The first kappa shape index (κ1) is 16.3. The second-order valence-electron chi connectivity index (χ2n) is 5.25. The van der Waals surface area contributed by atoms with Gasteiger partial charge in [-0.2, -0.15) is 4.31 Å². The maximum atomic E-state index is 12.8. The molecule has 0 bridgehead atoms. The minimum absolute atomic E-state index is 0.0226. The number of hydrogen-bond acceptors (Lipinski definition) is 3. The van der Waals surface area contributed by atoms with Gasteiger partial charge in [-0.05, 0) is 43.9 Å². The fraction of sp³-hybridized carbons (Fsp3) is 0.500. The molecule has 0 radical (unpaired) electrons. The van der Waals surface area contributed by atoms with Crippen molar-refractivity contribution in [3.05, 3.63) is 28.8 Å². The predicted octanol–water partition coefficient (Wildman–Crippen LogP) is 2.67. The summed E-state index contributed by atoms with van der Waals surface area (Å²) in [5.41, 5.74) is 0.642. The van der Waals surface area contributed by atoms with Gasteiger partial charge < -0.3 is 5.11 Å². The van der Waals surface area contributed by atoms with Crippen LogP contribution in [0, 0.1) is 6.92 Å². The summed E-state index contributed by atoms with van der Waals surface area (Å²) in [5, 5.41) is 9.15. The molecule has 0 aliphatic carbocycles. The molecule has 2 rings (SSSR count). The first-order valence-electron chi connectivity index (χ1n) is 6.82. The zero-order valence-corrected chi connectivity index (χ0v) is 13.3. The third kappa shape index (κ3) is 3.56. The number of carboxylic acid groups (broad SMARTS) is 1. The van der Waals surface area contributed by atoms with Crippen LogP contribution >= 0.6 is 11.6 Å². The molecule has 1 atom stereocenters. The quantitative estimate of drug-likeness (QED) is 0.900. The average Bonchev–Trinajstić information content (AvgIpc) is 2.88. The molecule has 1 aliphatic rings. The molecular formula is C14H18ClNO4S. The number of benzene rings is 1. The number of aryl methyl sites for hydroxylation is 1. The highest BCUT2D eigenvalue weighted by Crippen LogP contribution is 2.31. The van der Waals surface area contributed by atoms with E-state index in [0.29, 0.717) is 30.0 Å². The van der Waals surface area contributed by atoms with Gasteiger partial charge in [0.1, 0.15) is 0 Å². The number of sulfonamides is 1. The number of carboxylic acids is 1. The summed E-state index contributed by atoms with van der Waals surface area (Å²) in [6, 6.07) is 4.54. The lowest BCUT2D eigenvalue weighted by atomic mass is 10.1. The van der Waals surface area contributed by atoms with Crippen LogP contribution < -0.4 is 0 Å². The topological polar surface area (TPSA) is 74.7 Å². The third-order valence-electron chi connectivity index (χ3n) is 3.75. The van der Waals surface area contributed by atoms with Crippen molar-refractivity contribution in [1.29, 1.82) is 0 Å². The zero-order chi connectivity index (χ0) is 15.6. The molecule has 1 aliphatic heterocycles. The van der Waals surface area contributed by atoms with Crippen molar-refractivity contribution in [2.45, 2.75) is 43.5 Å². The van der Waals surface area contributed by atoms with E-state index in [1.54, 1.807) is 19.1 Å². The molecular weight excluding hydrogens is 314 g/mol. The SMILES string of the molecule is Cc1ccc(Cl)cc1S(=O)(=O)N1CCCC1CCC(=O)O. The van der Waals surface area contributed by atoms with E-state index in [0.717, 1.165) is 6.42 Å². The van der Waals surface area contributed by atoms with Crippen molar-refractivity contribution in [1.82, 2.24) is 4.31 Å². The first-order valence-corrected chi connectivity index (χ1v) is 8.64. The van der Waals surface area contributed by atoms with E-state index in [9.17, 15) is 13.2 Å². The van der Waals surface area contributed by atoms with E-state index in [1.807, 2.05) is 0 Å². The molecule has 1 heterocycles. The molecule has 1 unspecified atom stereocenters. The van der Waals surface area contributed by atoms with Gasteiger partial charge in [-0.1, -0.05) is 17.7 Å². The molecule has 0 spiro atoms. The van der Waals surface area contributed by atoms with Gasteiger partial charge in [0.2, 0.25) is 10.0 Å². The number of aliphatic carboxylic acids is 1. The second kappa shape index (κ2) is 6.34. The summed E-state index contributed by atoms with van der Waals surface area (Å²) in [7, 11) is -3.63. The molecule has 1 aromatic rings. The Bertz CT molecular complexity index is 644. The van der Waals surface area contributed by atoms with Crippen LogP contribution in [0.4, 0.5) is 0 Å². The van der Waals surface area contributed by atoms with Gasteiger partial charge in [0.25, 0.3) is 0 Å².